The number of aromatic nitrogens is 1. The van der Waals surface area contributed by atoms with Gasteiger partial charge in [0.1, 0.15) is 17.6 Å². The van der Waals surface area contributed by atoms with Crippen molar-refractivity contribution in [1.29, 1.82) is 0 Å². The van der Waals surface area contributed by atoms with Crippen molar-refractivity contribution < 1.29 is 19.4 Å². The van der Waals surface area contributed by atoms with Crippen molar-refractivity contribution in [2.75, 3.05) is 7.11 Å². The van der Waals surface area contributed by atoms with Gasteiger partial charge in [0.15, 0.2) is 0 Å². The molecule has 1 amide bonds. The number of benzene rings is 1. The number of carbonyl (C=O) groups excluding carboxylic acids is 2. The molecule has 2 aromatic rings. The number of ketones is 1. The van der Waals surface area contributed by atoms with E-state index in [-0.39, 0.29) is 17.4 Å². The molecule has 1 saturated carbocycles. The van der Waals surface area contributed by atoms with Gasteiger partial charge in [0.05, 0.1) is 23.9 Å². The summed E-state index contributed by atoms with van der Waals surface area (Å²) >= 11 is 0. The second-order valence-electron chi connectivity index (χ2n) is 8.06. The van der Waals surface area contributed by atoms with E-state index in [4.69, 9.17) is 4.74 Å². The van der Waals surface area contributed by atoms with Crippen LogP contribution in [0.25, 0.3) is 5.76 Å². The molecule has 1 N–H and O–H groups in total. The first-order chi connectivity index (χ1) is 14.4. The average Bonchev–Trinajstić information content (AvgIpc) is 3.35. The summed E-state index contributed by atoms with van der Waals surface area (Å²) in [6.45, 7) is 3.80. The molecule has 1 saturated heterocycles. The maximum absolute atomic E-state index is 13.2. The molecule has 6 heteroatoms. The fourth-order valence-electron chi connectivity index (χ4n) is 4.78. The third-order valence-electron chi connectivity index (χ3n) is 6.04. The standard InChI is InChI=1S/C24H26N2O4/c1-14-12-15(2)23(30-3)17(13-14)21(27)19-20(18-10-6-7-11-25-18)26(24(29)22(19)28)16-8-4-5-9-16/h6-7,10-13,16,20,27H,4-5,8-9H2,1-3H3/b21-19+. The summed E-state index contributed by atoms with van der Waals surface area (Å²) in [4.78, 5) is 32.3. The smallest absolute Gasteiger partial charge is 0.295 e. The summed E-state index contributed by atoms with van der Waals surface area (Å²) in [5, 5.41) is 11.3. The van der Waals surface area contributed by atoms with Crippen LogP contribution in [0.1, 0.15) is 54.1 Å². The molecule has 1 aliphatic heterocycles. The van der Waals surface area contributed by atoms with Crippen LogP contribution in [0.15, 0.2) is 42.1 Å². The maximum Gasteiger partial charge on any atom is 0.295 e. The number of carbonyl (C=O) groups is 2. The Morgan fingerprint density at radius 1 is 1.17 bits per heavy atom. The molecule has 0 bridgehead atoms. The van der Waals surface area contributed by atoms with E-state index in [2.05, 4.69) is 4.98 Å². The van der Waals surface area contributed by atoms with Crippen LogP contribution in [0.2, 0.25) is 0 Å². The lowest BCUT2D eigenvalue weighted by Crippen LogP contribution is -2.37. The first-order valence-corrected chi connectivity index (χ1v) is 10.3. The van der Waals surface area contributed by atoms with Crippen LogP contribution in [-0.2, 0) is 9.59 Å². The van der Waals surface area contributed by atoms with Crippen molar-refractivity contribution >= 4 is 17.4 Å². The van der Waals surface area contributed by atoms with Gasteiger partial charge in [-0.05, 0) is 56.0 Å². The zero-order chi connectivity index (χ0) is 21.4. The Kier molecular flexibility index (Phi) is 5.33. The maximum atomic E-state index is 13.2. The number of likely N-dealkylation sites (tertiary alicyclic amines) is 1. The van der Waals surface area contributed by atoms with Crippen molar-refractivity contribution in [3.05, 3.63) is 64.5 Å². The third kappa shape index (κ3) is 3.26. The van der Waals surface area contributed by atoms with E-state index < -0.39 is 17.7 Å². The molecule has 2 aliphatic rings. The van der Waals surface area contributed by atoms with Crippen LogP contribution in [0.5, 0.6) is 5.75 Å². The summed E-state index contributed by atoms with van der Waals surface area (Å²) in [5.41, 5.74) is 2.84. The average molecular weight is 406 g/mol. The van der Waals surface area contributed by atoms with Gasteiger partial charge in [-0.3, -0.25) is 14.6 Å². The molecule has 1 atom stereocenters. The van der Waals surface area contributed by atoms with Crippen LogP contribution in [0, 0.1) is 13.8 Å². The molecule has 2 fully saturated rings. The Balaban J connectivity index is 1.95. The van der Waals surface area contributed by atoms with E-state index in [1.807, 2.05) is 26.0 Å². The van der Waals surface area contributed by atoms with E-state index >= 15 is 0 Å². The van der Waals surface area contributed by atoms with Gasteiger partial charge in [-0.25, -0.2) is 0 Å². The number of hydrogen-bond donors (Lipinski definition) is 1. The van der Waals surface area contributed by atoms with Crippen molar-refractivity contribution in [3.63, 3.8) is 0 Å². The highest BCUT2D eigenvalue weighted by Gasteiger charge is 2.50. The van der Waals surface area contributed by atoms with Gasteiger partial charge in [0.2, 0.25) is 0 Å². The fraction of sp³-hybridized carbons (Fsp3) is 0.375. The third-order valence-corrected chi connectivity index (χ3v) is 6.04. The number of hydrogen-bond acceptors (Lipinski definition) is 5. The Hall–Kier alpha value is -3.15. The monoisotopic (exact) mass is 406 g/mol. The van der Waals surface area contributed by atoms with Crippen LogP contribution < -0.4 is 4.74 Å². The van der Waals surface area contributed by atoms with E-state index in [0.29, 0.717) is 17.0 Å². The van der Waals surface area contributed by atoms with E-state index in [1.165, 1.54) is 7.11 Å². The second-order valence-corrected chi connectivity index (χ2v) is 8.06. The molecule has 156 valence electrons. The number of aryl methyl sites for hydroxylation is 2. The Bertz CT molecular complexity index is 1020. The molecule has 4 rings (SSSR count). The summed E-state index contributed by atoms with van der Waals surface area (Å²) in [5.74, 6) is -0.961. The number of ether oxygens (including phenoxy) is 1. The quantitative estimate of drug-likeness (QED) is 0.470. The van der Waals surface area contributed by atoms with Crippen LogP contribution in [0.3, 0.4) is 0 Å². The molecule has 1 aliphatic carbocycles. The first-order valence-electron chi connectivity index (χ1n) is 10.3. The van der Waals surface area contributed by atoms with Gasteiger partial charge in [-0.15, -0.1) is 0 Å². The molecule has 30 heavy (non-hydrogen) atoms. The highest BCUT2D eigenvalue weighted by atomic mass is 16.5. The highest BCUT2D eigenvalue weighted by Crippen LogP contribution is 2.44. The lowest BCUT2D eigenvalue weighted by atomic mass is 9.95. The first kappa shape index (κ1) is 20.1. The van der Waals surface area contributed by atoms with Crippen LogP contribution >= 0.6 is 0 Å². The molecule has 6 nitrogen and oxygen atoms in total. The zero-order valence-corrected chi connectivity index (χ0v) is 17.5. The number of rotatable bonds is 4. The number of aliphatic hydroxyl groups is 1. The van der Waals surface area contributed by atoms with Gasteiger partial charge in [-0.1, -0.05) is 25.0 Å². The van der Waals surface area contributed by atoms with E-state index in [1.54, 1.807) is 29.3 Å². The lowest BCUT2D eigenvalue weighted by Gasteiger charge is -2.30. The van der Waals surface area contributed by atoms with Gasteiger partial charge in [-0.2, -0.15) is 0 Å². The van der Waals surface area contributed by atoms with E-state index in [9.17, 15) is 14.7 Å². The topological polar surface area (TPSA) is 79.7 Å². The molecule has 2 heterocycles. The summed E-state index contributed by atoms with van der Waals surface area (Å²) in [6.07, 6.45) is 5.38. The lowest BCUT2D eigenvalue weighted by molar-refractivity contribution is -0.141. The van der Waals surface area contributed by atoms with Crippen molar-refractivity contribution in [2.24, 2.45) is 0 Å². The molecule has 1 aromatic carbocycles. The Morgan fingerprint density at radius 2 is 1.90 bits per heavy atom. The summed E-state index contributed by atoms with van der Waals surface area (Å²) in [6, 6.07) is 8.40. The van der Waals surface area contributed by atoms with Gasteiger partial charge >= 0.3 is 0 Å². The summed E-state index contributed by atoms with van der Waals surface area (Å²) in [7, 11) is 1.53. The minimum absolute atomic E-state index is 0.0279. The van der Waals surface area contributed by atoms with Crippen LogP contribution in [0.4, 0.5) is 0 Å². The molecule has 1 aromatic heterocycles. The molecule has 0 spiro atoms. The minimum Gasteiger partial charge on any atom is -0.507 e. The largest absolute Gasteiger partial charge is 0.507 e. The highest BCUT2D eigenvalue weighted by molar-refractivity contribution is 6.46. The Labute approximate surface area is 176 Å². The normalized spacial score (nSPS) is 21.4. The second kappa shape index (κ2) is 7.94. The number of Topliss-reactive ketones (excluding diaryl/α,β-unsaturated/α-hetero) is 1. The van der Waals surface area contributed by atoms with Crippen LogP contribution in [-0.4, -0.2) is 39.8 Å². The molecular weight excluding hydrogens is 380 g/mol. The van der Waals surface area contributed by atoms with Gasteiger partial charge < -0.3 is 14.7 Å². The summed E-state index contributed by atoms with van der Waals surface area (Å²) < 4.78 is 5.52. The number of amides is 1. The number of pyridine rings is 1. The van der Waals surface area contributed by atoms with Crippen molar-refractivity contribution in [3.8, 4) is 5.75 Å². The molecule has 1 unspecified atom stereocenters. The number of nitrogens with zero attached hydrogens (tertiary/aromatic N) is 2. The number of methoxy groups -OCH3 is 1. The predicted molar refractivity (Wildman–Crippen MR) is 113 cm³/mol. The van der Waals surface area contributed by atoms with E-state index in [0.717, 1.165) is 36.8 Å². The van der Waals surface area contributed by atoms with Crippen molar-refractivity contribution in [1.82, 2.24) is 9.88 Å². The zero-order valence-electron chi connectivity index (χ0n) is 17.5. The van der Waals surface area contributed by atoms with Crippen molar-refractivity contribution in [2.45, 2.75) is 51.6 Å². The fourth-order valence-corrected chi connectivity index (χ4v) is 4.78. The SMILES string of the molecule is COc1c(C)cc(C)cc1/C(O)=C1\C(=O)C(=O)N(C2CCCC2)C1c1ccccn1. The predicted octanol–water partition coefficient (Wildman–Crippen LogP) is 4.07. The van der Waals surface area contributed by atoms with Gasteiger partial charge in [0, 0.05) is 12.2 Å². The Morgan fingerprint density at radius 3 is 2.53 bits per heavy atom. The molecular formula is C24H26N2O4. The molecule has 0 radical (unpaired) electrons. The minimum atomic E-state index is -0.708. The number of aliphatic hydroxyl groups excluding tert-OH is 1. The van der Waals surface area contributed by atoms with Gasteiger partial charge in [0.25, 0.3) is 11.7 Å².